The number of esters is 1. The summed E-state index contributed by atoms with van der Waals surface area (Å²) in [6.45, 7) is -0.255. The van der Waals surface area contributed by atoms with Crippen molar-refractivity contribution >= 4 is 11.9 Å². The Labute approximate surface area is 133 Å². The fraction of sp³-hybridized carbons (Fsp3) is 0.222. The van der Waals surface area contributed by atoms with Gasteiger partial charge in [0.1, 0.15) is 5.75 Å². The van der Waals surface area contributed by atoms with Crippen LogP contribution in [0.3, 0.4) is 0 Å². The standard InChI is InChI=1S/C18H17NO4/c20-16-9-5-13(6-10-16)12-1-3-14(4-2-12)18(22)23-11-17(21)19-15-7-8-15/h1-6,9-10,15,20H,7-8,11H2,(H,19,21). The molecule has 0 radical (unpaired) electrons. The van der Waals surface area contributed by atoms with Gasteiger partial charge in [-0.15, -0.1) is 0 Å². The van der Waals surface area contributed by atoms with Gasteiger partial charge in [0.25, 0.3) is 5.91 Å². The highest BCUT2D eigenvalue weighted by Crippen LogP contribution is 2.22. The van der Waals surface area contributed by atoms with E-state index in [1.165, 1.54) is 0 Å². The molecule has 2 aromatic rings. The van der Waals surface area contributed by atoms with Gasteiger partial charge >= 0.3 is 5.97 Å². The van der Waals surface area contributed by atoms with Crippen LogP contribution in [0.25, 0.3) is 11.1 Å². The lowest BCUT2D eigenvalue weighted by Crippen LogP contribution is -2.30. The molecule has 3 rings (SSSR count). The smallest absolute Gasteiger partial charge is 0.338 e. The van der Waals surface area contributed by atoms with Crippen molar-refractivity contribution in [3.63, 3.8) is 0 Å². The molecule has 2 N–H and O–H groups in total. The predicted octanol–water partition coefficient (Wildman–Crippen LogP) is 2.49. The molecule has 0 saturated heterocycles. The average Bonchev–Trinajstić information content (AvgIpc) is 3.37. The minimum absolute atomic E-state index is 0.207. The molecule has 118 valence electrons. The monoisotopic (exact) mass is 311 g/mol. The summed E-state index contributed by atoms with van der Waals surface area (Å²) in [5.74, 6) is -0.576. The highest BCUT2D eigenvalue weighted by atomic mass is 16.5. The molecule has 1 saturated carbocycles. The Morgan fingerprint density at radius 3 is 2.13 bits per heavy atom. The minimum Gasteiger partial charge on any atom is -0.508 e. The van der Waals surface area contributed by atoms with Crippen LogP contribution in [0.2, 0.25) is 0 Å². The molecule has 1 aliphatic rings. The Balaban J connectivity index is 1.58. The number of carbonyl (C=O) groups excluding carboxylic acids is 2. The molecule has 2 aromatic carbocycles. The minimum atomic E-state index is -0.520. The maximum absolute atomic E-state index is 11.9. The third kappa shape index (κ3) is 4.10. The van der Waals surface area contributed by atoms with Gasteiger partial charge in [-0.2, -0.15) is 0 Å². The zero-order chi connectivity index (χ0) is 16.2. The second-order valence-electron chi connectivity index (χ2n) is 5.54. The molecule has 5 heteroatoms. The molecule has 0 atom stereocenters. The first-order chi connectivity index (χ1) is 11.1. The van der Waals surface area contributed by atoms with Gasteiger partial charge in [0.2, 0.25) is 0 Å². The van der Waals surface area contributed by atoms with Crippen molar-refractivity contribution in [1.82, 2.24) is 5.32 Å². The van der Waals surface area contributed by atoms with E-state index in [0.29, 0.717) is 5.56 Å². The maximum atomic E-state index is 11.9. The van der Waals surface area contributed by atoms with Crippen LogP contribution in [0.4, 0.5) is 0 Å². The maximum Gasteiger partial charge on any atom is 0.338 e. The molecule has 0 bridgehead atoms. The summed E-state index contributed by atoms with van der Waals surface area (Å²) in [4.78, 5) is 23.4. The van der Waals surface area contributed by atoms with Crippen LogP contribution in [-0.4, -0.2) is 29.6 Å². The number of hydrogen-bond donors (Lipinski definition) is 2. The topological polar surface area (TPSA) is 75.6 Å². The van der Waals surface area contributed by atoms with Crippen molar-refractivity contribution in [3.8, 4) is 16.9 Å². The third-order valence-corrected chi connectivity index (χ3v) is 3.60. The van der Waals surface area contributed by atoms with Gasteiger partial charge in [0.15, 0.2) is 6.61 Å². The van der Waals surface area contributed by atoms with Crippen molar-refractivity contribution in [1.29, 1.82) is 0 Å². The van der Waals surface area contributed by atoms with E-state index in [1.54, 1.807) is 48.5 Å². The van der Waals surface area contributed by atoms with Gasteiger partial charge < -0.3 is 15.2 Å². The summed E-state index contributed by atoms with van der Waals surface area (Å²) in [6, 6.07) is 14.0. The second kappa shape index (κ2) is 6.52. The first-order valence-corrected chi connectivity index (χ1v) is 7.48. The lowest BCUT2D eigenvalue weighted by atomic mass is 10.0. The summed E-state index contributed by atoms with van der Waals surface area (Å²) < 4.78 is 5.00. The summed E-state index contributed by atoms with van der Waals surface area (Å²) in [5, 5.41) is 12.0. The fourth-order valence-corrected chi connectivity index (χ4v) is 2.16. The normalized spacial score (nSPS) is 13.4. The van der Waals surface area contributed by atoms with E-state index in [2.05, 4.69) is 5.32 Å². The number of amides is 1. The average molecular weight is 311 g/mol. The molecule has 23 heavy (non-hydrogen) atoms. The summed E-state index contributed by atoms with van der Waals surface area (Å²) in [7, 11) is 0. The van der Waals surface area contributed by atoms with Crippen LogP contribution in [0.15, 0.2) is 48.5 Å². The lowest BCUT2D eigenvalue weighted by molar-refractivity contribution is -0.124. The largest absolute Gasteiger partial charge is 0.508 e. The van der Waals surface area contributed by atoms with Crippen molar-refractivity contribution in [2.24, 2.45) is 0 Å². The summed E-state index contributed by atoms with van der Waals surface area (Å²) in [6.07, 6.45) is 2.00. The van der Waals surface area contributed by atoms with E-state index < -0.39 is 5.97 Å². The first kappa shape index (κ1) is 15.1. The van der Waals surface area contributed by atoms with Gasteiger partial charge in [0.05, 0.1) is 5.56 Å². The first-order valence-electron chi connectivity index (χ1n) is 7.48. The van der Waals surface area contributed by atoms with Crippen molar-refractivity contribution in [2.75, 3.05) is 6.61 Å². The van der Waals surface area contributed by atoms with E-state index in [4.69, 9.17) is 4.74 Å². The van der Waals surface area contributed by atoms with Crippen molar-refractivity contribution in [3.05, 3.63) is 54.1 Å². The van der Waals surface area contributed by atoms with Gasteiger partial charge in [-0.3, -0.25) is 4.79 Å². The van der Waals surface area contributed by atoms with E-state index in [0.717, 1.165) is 24.0 Å². The van der Waals surface area contributed by atoms with Crippen LogP contribution >= 0.6 is 0 Å². The number of nitrogens with one attached hydrogen (secondary N) is 1. The molecule has 1 aliphatic carbocycles. The Hall–Kier alpha value is -2.82. The Morgan fingerprint density at radius 2 is 1.57 bits per heavy atom. The molecule has 0 heterocycles. The number of aromatic hydroxyl groups is 1. The Morgan fingerprint density at radius 1 is 1.00 bits per heavy atom. The number of phenolic OH excluding ortho intramolecular Hbond substituents is 1. The van der Waals surface area contributed by atoms with Gasteiger partial charge in [-0.05, 0) is 48.2 Å². The van der Waals surface area contributed by atoms with Crippen LogP contribution in [0, 0.1) is 0 Å². The van der Waals surface area contributed by atoms with Crippen LogP contribution < -0.4 is 5.32 Å². The quantitative estimate of drug-likeness (QED) is 0.832. The van der Waals surface area contributed by atoms with Crippen molar-refractivity contribution < 1.29 is 19.4 Å². The lowest BCUT2D eigenvalue weighted by Gasteiger charge is -2.07. The van der Waals surface area contributed by atoms with Crippen LogP contribution in [0.5, 0.6) is 5.75 Å². The Bertz CT molecular complexity index is 703. The van der Waals surface area contributed by atoms with E-state index in [1.807, 2.05) is 0 Å². The number of ether oxygens (including phenoxy) is 1. The molecular weight excluding hydrogens is 294 g/mol. The molecular formula is C18H17NO4. The second-order valence-corrected chi connectivity index (χ2v) is 5.54. The number of rotatable bonds is 5. The Kier molecular flexibility index (Phi) is 4.28. The zero-order valence-corrected chi connectivity index (χ0v) is 12.5. The highest BCUT2D eigenvalue weighted by Gasteiger charge is 2.23. The zero-order valence-electron chi connectivity index (χ0n) is 12.5. The van der Waals surface area contributed by atoms with E-state index in [-0.39, 0.29) is 24.3 Å². The SMILES string of the molecule is O=C(COC(=O)c1ccc(-c2ccc(O)cc2)cc1)NC1CC1. The van der Waals surface area contributed by atoms with Gasteiger partial charge in [0, 0.05) is 6.04 Å². The van der Waals surface area contributed by atoms with E-state index >= 15 is 0 Å². The fourth-order valence-electron chi connectivity index (χ4n) is 2.16. The number of phenols is 1. The molecule has 1 fully saturated rings. The number of benzene rings is 2. The molecule has 0 unspecified atom stereocenters. The molecule has 0 aliphatic heterocycles. The predicted molar refractivity (Wildman–Crippen MR) is 85.0 cm³/mol. The van der Waals surface area contributed by atoms with Crippen molar-refractivity contribution in [2.45, 2.75) is 18.9 Å². The molecule has 1 amide bonds. The summed E-state index contributed by atoms with van der Waals surface area (Å²) >= 11 is 0. The van der Waals surface area contributed by atoms with E-state index in [9.17, 15) is 14.7 Å². The number of carbonyl (C=O) groups is 2. The van der Waals surface area contributed by atoms with Gasteiger partial charge in [-0.25, -0.2) is 4.79 Å². The van der Waals surface area contributed by atoms with Crippen LogP contribution in [-0.2, 0) is 9.53 Å². The molecule has 5 nitrogen and oxygen atoms in total. The highest BCUT2D eigenvalue weighted by molar-refractivity contribution is 5.92. The molecule has 0 aromatic heterocycles. The number of hydrogen-bond acceptors (Lipinski definition) is 4. The molecule has 0 spiro atoms. The van der Waals surface area contributed by atoms with Gasteiger partial charge in [-0.1, -0.05) is 24.3 Å². The third-order valence-electron chi connectivity index (χ3n) is 3.60. The van der Waals surface area contributed by atoms with Crippen LogP contribution in [0.1, 0.15) is 23.2 Å². The summed E-state index contributed by atoms with van der Waals surface area (Å²) in [5.41, 5.74) is 2.26.